The fourth-order valence-electron chi connectivity index (χ4n) is 2.82. The third kappa shape index (κ3) is 24.2. The Morgan fingerprint density at radius 1 is 0.531 bits per heavy atom. The minimum Gasteiger partial charge on any atom is -0.465 e. The number of carbonyl (C=O) groups excluding carboxylic acids is 1. The van der Waals surface area contributed by atoms with Gasteiger partial charge in [0.25, 0.3) is 0 Å². The predicted molar refractivity (Wildman–Crippen MR) is 142 cm³/mol. The maximum absolute atomic E-state index is 11.3. The molecule has 32 heavy (non-hydrogen) atoms. The first-order chi connectivity index (χ1) is 15.7. The van der Waals surface area contributed by atoms with Crippen LogP contribution in [0.3, 0.4) is 0 Å². The van der Waals surface area contributed by atoms with Gasteiger partial charge in [-0.3, -0.25) is 4.79 Å². The van der Waals surface area contributed by atoms with Crippen LogP contribution in [0.1, 0.15) is 97.8 Å². The van der Waals surface area contributed by atoms with E-state index in [1.165, 1.54) is 6.42 Å². The standard InChI is InChI=1S/C30H48O2/c1-4-5-6-7-8-9-10-11-12-13-14-15-16-17-18-19-20-21-22-23-24-25-26-27-28-32-30(31)29(2)3/h5-6,9-10,13-14,17-18,21-22,25-26,29H,4,7-8,11-12,15-16,19-20,23-24,27-28H2,1-3H3/b6-5-,10-9-,14-13-,18-17-,22-21-,26-25-. The first-order valence-corrected chi connectivity index (χ1v) is 12.7. The summed E-state index contributed by atoms with van der Waals surface area (Å²) in [7, 11) is 0. The van der Waals surface area contributed by atoms with Gasteiger partial charge in [-0.1, -0.05) is 93.7 Å². The van der Waals surface area contributed by atoms with Crippen molar-refractivity contribution >= 4 is 5.97 Å². The van der Waals surface area contributed by atoms with Gasteiger partial charge in [0, 0.05) is 0 Å². The van der Waals surface area contributed by atoms with E-state index in [0.29, 0.717) is 6.61 Å². The highest BCUT2D eigenvalue weighted by Crippen LogP contribution is 2.03. The van der Waals surface area contributed by atoms with Crippen LogP contribution in [0.25, 0.3) is 0 Å². The van der Waals surface area contributed by atoms with Crippen LogP contribution in [0, 0.1) is 5.92 Å². The highest BCUT2D eigenvalue weighted by Gasteiger charge is 2.06. The van der Waals surface area contributed by atoms with E-state index in [1.807, 2.05) is 13.8 Å². The van der Waals surface area contributed by atoms with E-state index in [2.05, 4.69) is 79.8 Å². The SMILES string of the molecule is CC/C=C\CC/C=C\CC/C=C\CC/C=C\CC/C=C\CC/C=C\CCOC(=O)C(C)C. The third-order valence-corrected chi connectivity index (χ3v) is 4.74. The van der Waals surface area contributed by atoms with Gasteiger partial charge >= 0.3 is 5.97 Å². The molecule has 0 aliphatic carbocycles. The fraction of sp³-hybridized carbons (Fsp3) is 0.567. The number of carbonyl (C=O) groups is 1. The number of hydrogen-bond acceptors (Lipinski definition) is 2. The first kappa shape index (κ1) is 29.9. The maximum atomic E-state index is 11.3. The van der Waals surface area contributed by atoms with E-state index in [4.69, 9.17) is 4.74 Å². The van der Waals surface area contributed by atoms with Crippen LogP contribution in [-0.2, 0) is 9.53 Å². The van der Waals surface area contributed by atoms with Crippen LogP contribution in [0.2, 0.25) is 0 Å². The molecule has 0 rings (SSSR count). The summed E-state index contributed by atoms with van der Waals surface area (Å²) in [5.41, 5.74) is 0. The van der Waals surface area contributed by atoms with Gasteiger partial charge in [-0.25, -0.2) is 0 Å². The lowest BCUT2D eigenvalue weighted by molar-refractivity contribution is -0.147. The molecule has 0 N–H and O–H groups in total. The van der Waals surface area contributed by atoms with Gasteiger partial charge in [-0.2, -0.15) is 0 Å². The minimum absolute atomic E-state index is 0.0403. The minimum atomic E-state index is -0.114. The molecule has 0 radical (unpaired) electrons. The molecule has 0 fully saturated rings. The largest absolute Gasteiger partial charge is 0.465 e. The molecule has 0 aromatic rings. The van der Waals surface area contributed by atoms with E-state index in [-0.39, 0.29) is 11.9 Å². The summed E-state index contributed by atoms with van der Waals surface area (Å²) < 4.78 is 5.13. The molecule has 0 unspecified atom stereocenters. The van der Waals surface area contributed by atoms with Gasteiger partial charge in [0.2, 0.25) is 0 Å². The molecule has 0 heterocycles. The Kier molecular flexibility index (Phi) is 23.5. The Morgan fingerprint density at radius 2 is 0.812 bits per heavy atom. The maximum Gasteiger partial charge on any atom is 0.308 e. The Balaban J connectivity index is 3.44. The normalized spacial score (nSPS) is 12.9. The molecule has 0 bridgehead atoms. The van der Waals surface area contributed by atoms with Crippen molar-refractivity contribution in [2.45, 2.75) is 97.8 Å². The summed E-state index contributed by atoms with van der Waals surface area (Å²) in [5.74, 6) is -0.154. The number of allylic oxidation sites excluding steroid dienone is 11. The molecule has 2 nitrogen and oxygen atoms in total. The third-order valence-electron chi connectivity index (χ3n) is 4.74. The average molecular weight is 441 g/mol. The number of ether oxygens (including phenoxy) is 1. The van der Waals surface area contributed by atoms with Crippen LogP contribution in [-0.4, -0.2) is 12.6 Å². The lowest BCUT2D eigenvalue weighted by Gasteiger charge is -2.04. The molecule has 0 saturated carbocycles. The molecule has 0 aliphatic heterocycles. The summed E-state index contributed by atoms with van der Waals surface area (Å²) in [5, 5.41) is 0. The molecule has 2 heteroatoms. The Morgan fingerprint density at radius 3 is 1.09 bits per heavy atom. The molecule has 0 amide bonds. The van der Waals surface area contributed by atoms with Gasteiger partial charge in [0.1, 0.15) is 0 Å². The summed E-state index contributed by atoms with van der Waals surface area (Å²) in [6, 6.07) is 0. The lowest BCUT2D eigenvalue weighted by atomic mass is 10.2. The zero-order chi connectivity index (χ0) is 23.5. The van der Waals surface area contributed by atoms with E-state index in [9.17, 15) is 4.79 Å². The number of unbranched alkanes of at least 4 members (excludes halogenated alkanes) is 5. The van der Waals surface area contributed by atoms with Crippen LogP contribution >= 0.6 is 0 Å². The highest BCUT2D eigenvalue weighted by molar-refractivity contribution is 5.71. The molecule has 0 atom stereocenters. The molecule has 0 aromatic carbocycles. The average Bonchev–Trinajstić information content (AvgIpc) is 2.78. The van der Waals surface area contributed by atoms with Crippen molar-refractivity contribution in [3.05, 3.63) is 72.9 Å². The zero-order valence-electron chi connectivity index (χ0n) is 21.0. The van der Waals surface area contributed by atoms with Crippen LogP contribution in [0.15, 0.2) is 72.9 Å². The molecular weight excluding hydrogens is 392 g/mol. The zero-order valence-corrected chi connectivity index (χ0v) is 21.0. The monoisotopic (exact) mass is 440 g/mol. The quantitative estimate of drug-likeness (QED) is 0.107. The smallest absolute Gasteiger partial charge is 0.308 e. The first-order valence-electron chi connectivity index (χ1n) is 12.7. The van der Waals surface area contributed by atoms with Crippen molar-refractivity contribution in [2.75, 3.05) is 6.61 Å². The molecule has 180 valence electrons. The van der Waals surface area contributed by atoms with Crippen molar-refractivity contribution < 1.29 is 9.53 Å². The van der Waals surface area contributed by atoms with E-state index < -0.39 is 0 Å². The van der Waals surface area contributed by atoms with Crippen molar-refractivity contribution in [2.24, 2.45) is 5.92 Å². The van der Waals surface area contributed by atoms with Crippen molar-refractivity contribution in [1.82, 2.24) is 0 Å². The second kappa shape index (κ2) is 25.2. The molecular formula is C30H48O2. The van der Waals surface area contributed by atoms with Crippen LogP contribution in [0.4, 0.5) is 0 Å². The molecule has 0 saturated heterocycles. The Labute approximate surface area is 198 Å². The van der Waals surface area contributed by atoms with Gasteiger partial charge in [-0.15, -0.1) is 0 Å². The topological polar surface area (TPSA) is 26.3 Å². The van der Waals surface area contributed by atoms with E-state index >= 15 is 0 Å². The summed E-state index contributed by atoms with van der Waals surface area (Å²) in [6.07, 6.45) is 40.3. The number of rotatable bonds is 20. The lowest BCUT2D eigenvalue weighted by Crippen LogP contribution is -2.11. The van der Waals surface area contributed by atoms with Crippen molar-refractivity contribution in [1.29, 1.82) is 0 Å². The summed E-state index contributed by atoms with van der Waals surface area (Å²) in [6.45, 7) is 6.37. The van der Waals surface area contributed by atoms with E-state index in [0.717, 1.165) is 70.6 Å². The van der Waals surface area contributed by atoms with Gasteiger partial charge < -0.3 is 4.74 Å². The Hall–Kier alpha value is -2.09. The predicted octanol–water partition coefficient (Wildman–Crippen LogP) is 9.22. The second-order valence-electron chi connectivity index (χ2n) is 8.23. The Bertz CT molecular complexity index is 588. The van der Waals surface area contributed by atoms with Gasteiger partial charge in [-0.05, 0) is 77.0 Å². The van der Waals surface area contributed by atoms with Crippen molar-refractivity contribution in [3.8, 4) is 0 Å². The van der Waals surface area contributed by atoms with Crippen LogP contribution < -0.4 is 0 Å². The van der Waals surface area contributed by atoms with E-state index in [1.54, 1.807) is 0 Å². The van der Waals surface area contributed by atoms with Gasteiger partial charge in [0.05, 0.1) is 12.5 Å². The van der Waals surface area contributed by atoms with Gasteiger partial charge in [0.15, 0.2) is 0 Å². The van der Waals surface area contributed by atoms with Crippen LogP contribution in [0.5, 0.6) is 0 Å². The highest BCUT2D eigenvalue weighted by atomic mass is 16.5. The molecule has 0 aliphatic rings. The number of hydrogen-bond donors (Lipinski definition) is 0. The molecule has 0 aromatic heterocycles. The molecule has 0 spiro atoms. The summed E-state index contributed by atoms with van der Waals surface area (Å²) in [4.78, 5) is 11.3. The fourth-order valence-corrected chi connectivity index (χ4v) is 2.82. The van der Waals surface area contributed by atoms with Crippen molar-refractivity contribution in [3.63, 3.8) is 0 Å². The second-order valence-corrected chi connectivity index (χ2v) is 8.23. The summed E-state index contributed by atoms with van der Waals surface area (Å²) >= 11 is 0. The number of esters is 1.